The molecule has 0 amide bonds. The number of anilines is 2. The molecule has 1 saturated heterocycles. The number of nitrogen functional groups attached to an aromatic ring is 1. The number of halogens is 2. The molecule has 1 aromatic rings. The Bertz CT molecular complexity index is 477. The molecule has 3 N–H and O–H groups in total. The van der Waals surface area contributed by atoms with Crippen molar-refractivity contribution in [3.63, 3.8) is 0 Å². The smallest absolute Gasteiger partial charge is 0.139 e. The molecular weight excluding hydrogens is 323 g/mol. The normalized spacial score (nSPS) is 21.7. The van der Waals surface area contributed by atoms with Crippen LogP contribution in [0.15, 0.2) is 16.6 Å². The molecule has 0 bridgehead atoms. The van der Waals surface area contributed by atoms with E-state index in [-0.39, 0.29) is 11.4 Å². The van der Waals surface area contributed by atoms with Crippen LogP contribution in [0.3, 0.4) is 0 Å². The first kappa shape index (κ1) is 15.6. The zero-order valence-corrected chi connectivity index (χ0v) is 13.6. The van der Waals surface area contributed by atoms with Gasteiger partial charge in [0.15, 0.2) is 0 Å². The van der Waals surface area contributed by atoms with Gasteiger partial charge in [0.25, 0.3) is 0 Å². The second kappa shape index (κ2) is 6.31. The van der Waals surface area contributed by atoms with E-state index in [2.05, 4.69) is 35.1 Å². The van der Waals surface area contributed by atoms with E-state index in [9.17, 15) is 4.39 Å². The van der Waals surface area contributed by atoms with Gasteiger partial charge in [-0.15, -0.1) is 0 Å². The van der Waals surface area contributed by atoms with Gasteiger partial charge in [-0.05, 0) is 47.7 Å². The molecule has 0 saturated carbocycles. The van der Waals surface area contributed by atoms with Crippen molar-refractivity contribution in [2.75, 3.05) is 17.7 Å². The highest BCUT2D eigenvalue weighted by Gasteiger charge is 2.34. The Hall–Kier alpha value is -0.810. The minimum atomic E-state index is -0.337. The molecule has 0 radical (unpaired) electrons. The molecule has 0 aliphatic carbocycles. The van der Waals surface area contributed by atoms with E-state index in [1.54, 1.807) is 6.07 Å². The van der Waals surface area contributed by atoms with Crippen LogP contribution < -0.4 is 11.1 Å². The van der Waals surface area contributed by atoms with E-state index in [0.717, 1.165) is 38.0 Å². The second-order valence-electron chi connectivity index (χ2n) is 5.43. The number of ether oxygens (including phenoxy) is 1. The Balaban J connectivity index is 2.12. The van der Waals surface area contributed by atoms with Crippen molar-refractivity contribution in [1.82, 2.24) is 0 Å². The fourth-order valence-corrected chi connectivity index (χ4v) is 3.14. The second-order valence-corrected chi connectivity index (χ2v) is 6.28. The number of hydrogen-bond donors (Lipinski definition) is 2. The third-order valence-corrected chi connectivity index (χ3v) is 4.84. The first-order valence-electron chi connectivity index (χ1n) is 7.14. The van der Waals surface area contributed by atoms with Crippen LogP contribution in [0.4, 0.5) is 15.8 Å². The van der Waals surface area contributed by atoms with Gasteiger partial charge in [0, 0.05) is 18.7 Å². The number of nitrogens with one attached hydrogen (secondary N) is 1. The number of benzene rings is 1. The van der Waals surface area contributed by atoms with Crippen LogP contribution in [0.5, 0.6) is 0 Å². The predicted molar refractivity (Wildman–Crippen MR) is 84.4 cm³/mol. The first-order chi connectivity index (χ1) is 9.49. The molecule has 1 aliphatic heterocycles. The topological polar surface area (TPSA) is 47.3 Å². The van der Waals surface area contributed by atoms with Crippen molar-refractivity contribution >= 4 is 27.3 Å². The number of hydrogen-bond acceptors (Lipinski definition) is 3. The van der Waals surface area contributed by atoms with E-state index >= 15 is 0 Å². The van der Waals surface area contributed by atoms with E-state index in [1.165, 1.54) is 6.07 Å². The Morgan fingerprint density at radius 1 is 1.45 bits per heavy atom. The maximum absolute atomic E-state index is 13.4. The lowest BCUT2D eigenvalue weighted by Crippen LogP contribution is -2.43. The average Bonchev–Trinajstić information content (AvgIpc) is 2.45. The van der Waals surface area contributed by atoms with Gasteiger partial charge in [-0.25, -0.2) is 4.39 Å². The highest BCUT2D eigenvalue weighted by Crippen LogP contribution is 2.34. The minimum absolute atomic E-state index is 0.0397. The van der Waals surface area contributed by atoms with Crippen molar-refractivity contribution in [2.45, 2.75) is 51.2 Å². The molecule has 0 aromatic heterocycles. The fraction of sp³-hybridized carbons (Fsp3) is 0.600. The standard InChI is InChI=1S/C15H22BrFN2O/c1-3-15(4-2)9-10(5-6-20-15)19-14-7-11(16)12(17)8-13(14)18/h7-8,10,19H,3-6,9,18H2,1-2H3. The van der Waals surface area contributed by atoms with Crippen molar-refractivity contribution in [1.29, 1.82) is 0 Å². The average molecular weight is 345 g/mol. The Morgan fingerprint density at radius 2 is 2.15 bits per heavy atom. The lowest BCUT2D eigenvalue weighted by molar-refractivity contribution is -0.0864. The summed E-state index contributed by atoms with van der Waals surface area (Å²) in [7, 11) is 0. The van der Waals surface area contributed by atoms with Crippen molar-refractivity contribution < 1.29 is 9.13 Å². The maximum Gasteiger partial charge on any atom is 0.139 e. The predicted octanol–water partition coefficient (Wildman–Crippen LogP) is 4.32. The van der Waals surface area contributed by atoms with Crippen molar-refractivity contribution in [3.8, 4) is 0 Å². The van der Waals surface area contributed by atoms with Crippen LogP contribution in [0.2, 0.25) is 0 Å². The van der Waals surface area contributed by atoms with Gasteiger partial charge in [-0.1, -0.05) is 13.8 Å². The minimum Gasteiger partial charge on any atom is -0.397 e. The van der Waals surface area contributed by atoms with Crippen LogP contribution >= 0.6 is 15.9 Å². The Labute approximate surface area is 128 Å². The summed E-state index contributed by atoms with van der Waals surface area (Å²) >= 11 is 3.20. The monoisotopic (exact) mass is 344 g/mol. The fourth-order valence-electron chi connectivity index (χ4n) is 2.80. The molecule has 1 aromatic carbocycles. The Morgan fingerprint density at radius 3 is 2.80 bits per heavy atom. The molecule has 112 valence electrons. The molecule has 0 spiro atoms. The summed E-state index contributed by atoms with van der Waals surface area (Å²) in [6.45, 7) is 5.07. The highest BCUT2D eigenvalue weighted by atomic mass is 79.9. The number of nitrogens with two attached hydrogens (primary N) is 1. The van der Waals surface area contributed by atoms with Crippen molar-refractivity contribution in [2.24, 2.45) is 0 Å². The van der Waals surface area contributed by atoms with E-state index in [4.69, 9.17) is 10.5 Å². The molecule has 20 heavy (non-hydrogen) atoms. The maximum atomic E-state index is 13.4. The van der Waals surface area contributed by atoms with E-state index < -0.39 is 0 Å². The molecule has 1 atom stereocenters. The molecule has 3 nitrogen and oxygen atoms in total. The van der Waals surface area contributed by atoms with Crippen LogP contribution in [0.1, 0.15) is 39.5 Å². The molecule has 5 heteroatoms. The van der Waals surface area contributed by atoms with Crippen LogP contribution in [0, 0.1) is 5.82 Å². The van der Waals surface area contributed by atoms with E-state index in [0.29, 0.717) is 16.2 Å². The summed E-state index contributed by atoms with van der Waals surface area (Å²) in [5, 5.41) is 3.44. The largest absolute Gasteiger partial charge is 0.397 e. The van der Waals surface area contributed by atoms with Gasteiger partial charge in [0.05, 0.1) is 21.4 Å². The van der Waals surface area contributed by atoms with Gasteiger partial charge in [0.2, 0.25) is 0 Å². The quantitative estimate of drug-likeness (QED) is 0.799. The molecule has 2 rings (SSSR count). The number of rotatable bonds is 4. The van der Waals surface area contributed by atoms with Gasteiger partial charge in [-0.2, -0.15) is 0 Å². The molecule has 1 unspecified atom stereocenters. The third-order valence-electron chi connectivity index (χ3n) is 4.23. The zero-order valence-electron chi connectivity index (χ0n) is 12.0. The summed E-state index contributed by atoms with van der Waals surface area (Å²) in [6, 6.07) is 3.36. The Kier molecular flexibility index (Phi) is 4.91. The van der Waals surface area contributed by atoms with E-state index in [1.807, 2.05) is 0 Å². The van der Waals surface area contributed by atoms with Crippen LogP contribution in [-0.4, -0.2) is 18.2 Å². The van der Waals surface area contributed by atoms with Crippen molar-refractivity contribution in [3.05, 3.63) is 22.4 Å². The zero-order chi connectivity index (χ0) is 14.8. The summed E-state index contributed by atoms with van der Waals surface area (Å²) in [5.41, 5.74) is 7.07. The summed E-state index contributed by atoms with van der Waals surface area (Å²) in [5.74, 6) is -0.337. The summed E-state index contributed by atoms with van der Waals surface area (Å²) in [6.07, 6.45) is 3.90. The highest BCUT2D eigenvalue weighted by molar-refractivity contribution is 9.10. The van der Waals surface area contributed by atoms with Gasteiger partial charge < -0.3 is 15.8 Å². The van der Waals surface area contributed by atoms with Gasteiger partial charge in [-0.3, -0.25) is 0 Å². The molecule has 1 aliphatic rings. The van der Waals surface area contributed by atoms with Crippen LogP contribution in [-0.2, 0) is 4.74 Å². The van der Waals surface area contributed by atoms with Gasteiger partial charge in [0.1, 0.15) is 5.82 Å². The SMILES string of the molecule is CCC1(CC)CC(Nc2cc(Br)c(F)cc2N)CCO1. The molecule has 1 fully saturated rings. The lowest BCUT2D eigenvalue weighted by Gasteiger charge is -2.40. The summed E-state index contributed by atoms with van der Waals surface area (Å²) < 4.78 is 19.8. The third kappa shape index (κ3) is 3.26. The first-order valence-corrected chi connectivity index (χ1v) is 7.94. The van der Waals surface area contributed by atoms with Gasteiger partial charge >= 0.3 is 0 Å². The summed E-state index contributed by atoms with van der Waals surface area (Å²) in [4.78, 5) is 0. The molecule has 1 heterocycles. The molecular formula is C15H22BrFN2O. The lowest BCUT2D eigenvalue weighted by atomic mass is 9.86. The van der Waals surface area contributed by atoms with Crippen LogP contribution in [0.25, 0.3) is 0 Å².